The van der Waals surface area contributed by atoms with E-state index < -0.39 is 0 Å². The molecule has 0 aliphatic heterocycles. The molecule has 2 nitrogen and oxygen atoms in total. The number of imidazole rings is 1. The van der Waals surface area contributed by atoms with Gasteiger partial charge in [-0.1, -0.05) is 20.3 Å². The highest BCUT2D eigenvalue weighted by Crippen LogP contribution is 2.29. The molecule has 0 aliphatic rings. The Hall–Kier alpha value is 0.170. The van der Waals surface area contributed by atoms with Crippen LogP contribution in [0.2, 0.25) is 0 Å². The molecular formula is C10H16Br2N2. The Kier molecular flexibility index (Phi) is 4.64. The molecule has 0 N–H and O–H groups in total. The Balaban J connectivity index is 3.04. The van der Waals surface area contributed by atoms with E-state index >= 15 is 0 Å². The van der Waals surface area contributed by atoms with E-state index in [0.29, 0.717) is 6.04 Å². The van der Waals surface area contributed by atoms with E-state index in [4.69, 9.17) is 0 Å². The summed E-state index contributed by atoms with van der Waals surface area (Å²) >= 11 is 7.01. The van der Waals surface area contributed by atoms with Crippen LogP contribution in [0.3, 0.4) is 0 Å². The number of aryl methyl sites for hydroxylation is 1. The van der Waals surface area contributed by atoms with E-state index in [1.807, 2.05) is 0 Å². The van der Waals surface area contributed by atoms with Crippen molar-refractivity contribution in [1.82, 2.24) is 9.55 Å². The van der Waals surface area contributed by atoms with Crippen molar-refractivity contribution >= 4 is 31.9 Å². The summed E-state index contributed by atoms with van der Waals surface area (Å²) in [7, 11) is 0. The van der Waals surface area contributed by atoms with Crippen molar-refractivity contribution in [2.24, 2.45) is 0 Å². The summed E-state index contributed by atoms with van der Waals surface area (Å²) in [6, 6.07) is 0.517. The molecule has 0 radical (unpaired) electrons. The van der Waals surface area contributed by atoms with Crippen molar-refractivity contribution in [2.75, 3.05) is 0 Å². The maximum Gasteiger partial charge on any atom is 0.139 e. The van der Waals surface area contributed by atoms with Gasteiger partial charge in [-0.15, -0.1) is 0 Å². The molecule has 0 aromatic carbocycles. The predicted octanol–water partition coefficient (Wildman–Crippen LogP) is 4.33. The molecular weight excluding hydrogens is 308 g/mol. The minimum Gasteiger partial charge on any atom is -0.319 e. The zero-order valence-corrected chi connectivity index (χ0v) is 12.0. The molecule has 1 unspecified atom stereocenters. The first-order valence-electron chi connectivity index (χ1n) is 5.03. The number of aromatic nitrogens is 2. The summed E-state index contributed by atoms with van der Waals surface area (Å²) in [5.74, 6) is 1.14. The van der Waals surface area contributed by atoms with Gasteiger partial charge in [0.2, 0.25) is 0 Å². The average Bonchev–Trinajstić information content (AvgIpc) is 2.43. The Morgan fingerprint density at radius 1 is 1.36 bits per heavy atom. The van der Waals surface area contributed by atoms with Crippen molar-refractivity contribution in [3.63, 3.8) is 0 Å². The van der Waals surface area contributed by atoms with Crippen LogP contribution < -0.4 is 0 Å². The fraction of sp³-hybridized carbons (Fsp3) is 0.700. The highest BCUT2D eigenvalue weighted by molar-refractivity contribution is 9.13. The predicted molar refractivity (Wildman–Crippen MR) is 66.6 cm³/mol. The Morgan fingerprint density at radius 2 is 2.00 bits per heavy atom. The van der Waals surface area contributed by atoms with Gasteiger partial charge in [0.05, 0.1) is 0 Å². The number of hydrogen-bond donors (Lipinski definition) is 0. The molecule has 4 heteroatoms. The summed E-state index contributed by atoms with van der Waals surface area (Å²) in [5, 5.41) is 0. The molecule has 1 rings (SSSR count). The molecule has 0 fully saturated rings. The normalized spacial score (nSPS) is 13.2. The third-order valence-electron chi connectivity index (χ3n) is 2.35. The second kappa shape index (κ2) is 5.31. The van der Waals surface area contributed by atoms with E-state index in [-0.39, 0.29) is 0 Å². The average molecular weight is 324 g/mol. The topological polar surface area (TPSA) is 17.8 Å². The van der Waals surface area contributed by atoms with Crippen LogP contribution in [0, 0.1) is 0 Å². The molecule has 14 heavy (non-hydrogen) atoms. The zero-order chi connectivity index (χ0) is 10.7. The van der Waals surface area contributed by atoms with Crippen molar-refractivity contribution in [2.45, 2.75) is 46.1 Å². The van der Waals surface area contributed by atoms with E-state index in [2.05, 4.69) is 62.2 Å². The van der Waals surface area contributed by atoms with Gasteiger partial charge < -0.3 is 4.57 Å². The van der Waals surface area contributed by atoms with Crippen LogP contribution >= 0.6 is 31.9 Å². The lowest BCUT2D eigenvalue weighted by Gasteiger charge is -2.16. The molecule has 80 valence electrons. The molecule has 1 aromatic rings. The van der Waals surface area contributed by atoms with E-state index in [1.165, 1.54) is 12.8 Å². The van der Waals surface area contributed by atoms with Gasteiger partial charge in [0.1, 0.15) is 15.0 Å². The van der Waals surface area contributed by atoms with E-state index in [1.54, 1.807) is 0 Å². The second-order valence-corrected chi connectivity index (χ2v) is 4.97. The minimum atomic E-state index is 0.517. The molecule has 0 saturated heterocycles. The van der Waals surface area contributed by atoms with E-state index in [0.717, 1.165) is 21.5 Å². The monoisotopic (exact) mass is 322 g/mol. The third kappa shape index (κ3) is 2.40. The molecule has 1 atom stereocenters. The smallest absolute Gasteiger partial charge is 0.139 e. The van der Waals surface area contributed by atoms with Gasteiger partial charge in [-0.25, -0.2) is 4.98 Å². The standard InChI is InChI=1S/C10H16Br2N2/c1-4-6-7(3)14-8(5-2)13-9(11)10(14)12/h7H,4-6H2,1-3H3. The molecule has 0 spiro atoms. The third-order valence-corrected chi connectivity index (χ3v) is 4.19. The minimum absolute atomic E-state index is 0.517. The van der Waals surface area contributed by atoms with Crippen LogP contribution in [0.4, 0.5) is 0 Å². The first kappa shape index (κ1) is 12.2. The van der Waals surface area contributed by atoms with Crippen molar-refractivity contribution < 1.29 is 0 Å². The lowest BCUT2D eigenvalue weighted by molar-refractivity contribution is 0.477. The fourth-order valence-corrected chi connectivity index (χ4v) is 2.71. The Bertz CT molecular complexity index is 307. The number of hydrogen-bond acceptors (Lipinski definition) is 1. The molecule has 0 amide bonds. The first-order valence-corrected chi connectivity index (χ1v) is 6.62. The van der Waals surface area contributed by atoms with Crippen LogP contribution in [0.5, 0.6) is 0 Å². The lowest BCUT2D eigenvalue weighted by atomic mass is 10.2. The van der Waals surface area contributed by atoms with Crippen molar-refractivity contribution in [3.8, 4) is 0 Å². The Labute approximate surface area is 102 Å². The maximum atomic E-state index is 4.46. The van der Waals surface area contributed by atoms with Gasteiger partial charge >= 0.3 is 0 Å². The van der Waals surface area contributed by atoms with Crippen molar-refractivity contribution in [3.05, 3.63) is 15.0 Å². The largest absolute Gasteiger partial charge is 0.319 e. The summed E-state index contributed by atoms with van der Waals surface area (Å²) in [6.45, 7) is 6.58. The lowest BCUT2D eigenvalue weighted by Crippen LogP contribution is -2.09. The number of nitrogens with zero attached hydrogens (tertiary/aromatic N) is 2. The first-order chi connectivity index (χ1) is 6.61. The summed E-state index contributed by atoms with van der Waals surface area (Å²) in [5.41, 5.74) is 0. The fourth-order valence-electron chi connectivity index (χ4n) is 1.67. The summed E-state index contributed by atoms with van der Waals surface area (Å²) in [6.07, 6.45) is 3.36. The molecule has 0 aliphatic carbocycles. The SMILES string of the molecule is CCCC(C)n1c(CC)nc(Br)c1Br. The van der Waals surface area contributed by atoms with Gasteiger partial charge in [-0.3, -0.25) is 0 Å². The van der Waals surface area contributed by atoms with E-state index in [9.17, 15) is 0 Å². The van der Waals surface area contributed by atoms with Crippen LogP contribution in [0.15, 0.2) is 9.21 Å². The summed E-state index contributed by atoms with van der Waals surface area (Å²) < 4.78 is 4.25. The van der Waals surface area contributed by atoms with Crippen LogP contribution in [-0.4, -0.2) is 9.55 Å². The van der Waals surface area contributed by atoms with Crippen molar-refractivity contribution in [1.29, 1.82) is 0 Å². The zero-order valence-electron chi connectivity index (χ0n) is 8.85. The highest BCUT2D eigenvalue weighted by atomic mass is 79.9. The Morgan fingerprint density at radius 3 is 2.50 bits per heavy atom. The van der Waals surface area contributed by atoms with Gasteiger partial charge in [-0.2, -0.15) is 0 Å². The van der Waals surface area contributed by atoms with Gasteiger partial charge in [0.15, 0.2) is 0 Å². The number of halogens is 2. The molecule has 0 bridgehead atoms. The quantitative estimate of drug-likeness (QED) is 0.806. The van der Waals surface area contributed by atoms with Gasteiger partial charge in [-0.05, 0) is 45.2 Å². The maximum absolute atomic E-state index is 4.46. The van der Waals surface area contributed by atoms with Gasteiger partial charge in [0, 0.05) is 12.5 Å². The highest BCUT2D eigenvalue weighted by Gasteiger charge is 2.15. The van der Waals surface area contributed by atoms with Crippen LogP contribution in [0.1, 0.15) is 45.5 Å². The molecule has 0 saturated carbocycles. The van der Waals surface area contributed by atoms with Gasteiger partial charge in [0.25, 0.3) is 0 Å². The van der Waals surface area contributed by atoms with Crippen LogP contribution in [-0.2, 0) is 6.42 Å². The molecule has 1 heterocycles. The second-order valence-electron chi connectivity index (χ2n) is 3.47. The molecule has 1 aromatic heterocycles. The summed E-state index contributed by atoms with van der Waals surface area (Å²) in [4.78, 5) is 4.46. The number of rotatable bonds is 4. The van der Waals surface area contributed by atoms with Crippen LogP contribution in [0.25, 0.3) is 0 Å².